The smallest absolute Gasteiger partial charge is 0.352 e. The molecule has 0 radical (unpaired) electrons. The van der Waals surface area contributed by atoms with Crippen molar-refractivity contribution in [2.45, 2.75) is 26.9 Å². The summed E-state index contributed by atoms with van der Waals surface area (Å²) in [5, 5.41) is 6.17. The second-order valence-electron chi connectivity index (χ2n) is 8.84. The van der Waals surface area contributed by atoms with Crippen LogP contribution in [0.15, 0.2) is 45.3 Å². The van der Waals surface area contributed by atoms with Gasteiger partial charge in [-0.3, -0.25) is 14.2 Å². The Morgan fingerprint density at radius 1 is 1.12 bits per heavy atom. The minimum Gasteiger partial charge on any atom is -0.366 e. The number of rotatable bonds is 5. The highest BCUT2D eigenvalue weighted by molar-refractivity contribution is 7.17. The molecule has 4 heterocycles. The van der Waals surface area contributed by atoms with Crippen LogP contribution >= 0.6 is 11.3 Å². The molecule has 0 atom stereocenters. The van der Waals surface area contributed by atoms with E-state index in [4.69, 9.17) is 0 Å². The molecule has 0 unspecified atom stereocenters. The van der Waals surface area contributed by atoms with E-state index in [1.807, 2.05) is 18.7 Å². The number of thiophene rings is 1. The van der Waals surface area contributed by atoms with Crippen molar-refractivity contribution in [1.29, 1.82) is 0 Å². The van der Waals surface area contributed by atoms with E-state index in [2.05, 4.69) is 5.10 Å². The lowest BCUT2D eigenvalue weighted by atomic mass is 10.2. The van der Waals surface area contributed by atoms with Crippen LogP contribution in [0, 0.1) is 11.7 Å². The van der Waals surface area contributed by atoms with Crippen molar-refractivity contribution in [3.05, 3.63) is 62.4 Å². The van der Waals surface area contributed by atoms with E-state index in [0.717, 1.165) is 4.68 Å². The van der Waals surface area contributed by atoms with Crippen LogP contribution in [0.2, 0.25) is 0 Å². The Bertz CT molecular complexity index is 1490. The Balaban J connectivity index is 1.41. The molecule has 4 aromatic rings. The van der Waals surface area contributed by atoms with Gasteiger partial charge in [-0.1, -0.05) is 26.0 Å². The first-order valence-corrected chi connectivity index (χ1v) is 12.1. The minimum absolute atomic E-state index is 0.173. The number of piperazine rings is 1. The summed E-state index contributed by atoms with van der Waals surface area (Å²) in [5.74, 6) is -0.109. The molecule has 178 valence electrons. The molecule has 0 N–H and O–H groups in total. The van der Waals surface area contributed by atoms with Crippen molar-refractivity contribution >= 4 is 38.9 Å². The Morgan fingerprint density at radius 2 is 1.85 bits per heavy atom. The molecule has 1 aliphatic rings. The summed E-state index contributed by atoms with van der Waals surface area (Å²) < 4.78 is 18.6. The summed E-state index contributed by atoms with van der Waals surface area (Å²) >= 11 is 1.29. The van der Waals surface area contributed by atoms with Gasteiger partial charge in [-0.15, -0.1) is 16.4 Å². The first kappa shape index (κ1) is 22.3. The van der Waals surface area contributed by atoms with E-state index >= 15 is 0 Å². The number of benzene rings is 1. The van der Waals surface area contributed by atoms with Crippen molar-refractivity contribution in [1.82, 2.24) is 23.6 Å². The molecule has 1 aliphatic heterocycles. The van der Waals surface area contributed by atoms with Gasteiger partial charge in [0, 0.05) is 32.7 Å². The van der Waals surface area contributed by atoms with Crippen molar-refractivity contribution in [3.8, 4) is 0 Å². The van der Waals surface area contributed by atoms with Gasteiger partial charge in [-0.25, -0.2) is 18.3 Å². The number of halogens is 1. The molecule has 1 fully saturated rings. The molecule has 0 bridgehead atoms. The zero-order valence-corrected chi connectivity index (χ0v) is 19.8. The molecule has 9 nitrogen and oxygen atoms in total. The van der Waals surface area contributed by atoms with Crippen LogP contribution in [-0.2, 0) is 17.9 Å². The summed E-state index contributed by atoms with van der Waals surface area (Å²) in [6, 6.07) is 8.31. The van der Waals surface area contributed by atoms with Crippen molar-refractivity contribution in [3.63, 3.8) is 0 Å². The average Bonchev–Trinajstić information content (AvgIpc) is 3.42. The number of hydrogen-bond donors (Lipinski definition) is 0. The number of carbonyl (C=O) groups is 1. The predicted octanol–water partition coefficient (Wildman–Crippen LogP) is 2.02. The van der Waals surface area contributed by atoms with Gasteiger partial charge < -0.3 is 9.80 Å². The van der Waals surface area contributed by atoms with Crippen LogP contribution in [0.1, 0.15) is 13.8 Å². The monoisotopic (exact) mass is 484 g/mol. The lowest BCUT2D eigenvalue weighted by molar-refractivity contribution is -0.132. The maximum Gasteiger partial charge on any atom is 0.352 e. The van der Waals surface area contributed by atoms with Crippen LogP contribution in [0.3, 0.4) is 0 Å². The molecule has 3 aromatic heterocycles. The minimum atomic E-state index is -0.450. The van der Waals surface area contributed by atoms with Gasteiger partial charge in [0.2, 0.25) is 11.7 Å². The zero-order valence-electron chi connectivity index (χ0n) is 19.0. The molecule has 1 amide bonds. The largest absolute Gasteiger partial charge is 0.366 e. The van der Waals surface area contributed by atoms with Crippen molar-refractivity contribution in [2.75, 3.05) is 31.1 Å². The van der Waals surface area contributed by atoms with E-state index in [0.29, 0.717) is 48.6 Å². The van der Waals surface area contributed by atoms with E-state index in [1.165, 1.54) is 26.4 Å². The highest BCUT2D eigenvalue weighted by Gasteiger charge is 2.25. The van der Waals surface area contributed by atoms with Crippen molar-refractivity contribution < 1.29 is 9.18 Å². The zero-order chi connectivity index (χ0) is 24.0. The second kappa shape index (κ2) is 8.71. The van der Waals surface area contributed by atoms with E-state index in [1.54, 1.807) is 34.5 Å². The summed E-state index contributed by atoms with van der Waals surface area (Å²) in [5.41, 5.74) is 0.398. The molecular weight excluding hydrogens is 459 g/mol. The molecule has 11 heteroatoms. The molecule has 0 aliphatic carbocycles. The molecule has 0 saturated carbocycles. The fraction of sp³-hybridized carbons (Fsp3) is 0.391. The quantitative estimate of drug-likeness (QED) is 0.433. The SMILES string of the molecule is CC(C)Cn1c(=O)c2sccc2n2c(=O)n(CC(=O)N3CCN(c4ccccc4F)CC3)nc12. The molecule has 34 heavy (non-hydrogen) atoms. The Labute approximate surface area is 198 Å². The number of aromatic nitrogens is 4. The third kappa shape index (κ3) is 3.79. The molecule has 1 saturated heterocycles. The summed E-state index contributed by atoms with van der Waals surface area (Å²) in [6.07, 6.45) is 0. The van der Waals surface area contributed by atoms with Crippen LogP contribution in [-0.4, -0.2) is 55.7 Å². The van der Waals surface area contributed by atoms with E-state index < -0.39 is 5.69 Å². The van der Waals surface area contributed by atoms with Gasteiger partial charge in [-0.2, -0.15) is 0 Å². The molecular formula is C23H25FN6O3S. The number of amides is 1. The van der Waals surface area contributed by atoms with Gasteiger partial charge in [0.25, 0.3) is 5.56 Å². The molecule has 0 spiro atoms. The average molecular weight is 485 g/mol. The second-order valence-corrected chi connectivity index (χ2v) is 9.76. The topological polar surface area (TPSA) is 84.8 Å². The number of anilines is 1. The van der Waals surface area contributed by atoms with Crippen LogP contribution in [0.4, 0.5) is 10.1 Å². The summed E-state index contributed by atoms with van der Waals surface area (Å²) in [6.45, 7) is 6.00. The number of para-hydroxylation sites is 1. The Morgan fingerprint density at radius 3 is 2.56 bits per heavy atom. The lowest BCUT2D eigenvalue weighted by Gasteiger charge is -2.36. The van der Waals surface area contributed by atoms with Gasteiger partial charge in [0.05, 0.1) is 11.2 Å². The van der Waals surface area contributed by atoms with E-state index in [-0.39, 0.29) is 35.5 Å². The van der Waals surface area contributed by atoms with E-state index in [9.17, 15) is 18.8 Å². The van der Waals surface area contributed by atoms with Crippen LogP contribution in [0.25, 0.3) is 16.0 Å². The van der Waals surface area contributed by atoms with Gasteiger partial charge in [0.15, 0.2) is 0 Å². The Hall–Kier alpha value is -3.47. The fourth-order valence-corrected chi connectivity index (χ4v) is 5.22. The maximum atomic E-state index is 14.1. The molecule has 1 aromatic carbocycles. The van der Waals surface area contributed by atoms with Gasteiger partial charge in [0.1, 0.15) is 17.1 Å². The highest BCUT2D eigenvalue weighted by Crippen LogP contribution is 2.21. The highest BCUT2D eigenvalue weighted by atomic mass is 32.1. The fourth-order valence-electron chi connectivity index (χ4n) is 4.40. The van der Waals surface area contributed by atoms with Gasteiger partial charge in [-0.05, 0) is 29.5 Å². The first-order valence-electron chi connectivity index (χ1n) is 11.2. The standard InChI is InChI=1S/C23H25FN6O3S/c1-15(2)13-28-21(32)20-18(7-12-34-20)30-22(28)25-29(23(30)33)14-19(31)27-10-8-26(9-11-27)17-6-4-3-5-16(17)24/h3-7,12,15H,8-11,13-14H2,1-2H3. The van der Waals surface area contributed by atoms with Crippen molar-refractivity contribution in [2.24, 2.45) is 5.92 Å². The molecule has 5 rings (SSSR count). The summed E-state index contributed by atoms with van der Waals surface area (Å²) in [4.78, 5) is 42.8. The van der Waals surface area contributed by atoms with Crippen LogP contribution < -0.4 is 16.1 Å². The number of fused-ring (bicyclic) bond motifs is 3. The number of nitrogens with zero attached hydrogens (tertiary/aromatic N) is 6. The summed E-state index contributed by atoms with van der Waals surface area (Å²) in [7, 11) is 0. The lowest BCUT2D eigenvalue weighted by Crippen LogP contribution is -2.50. The van der Waals surface area contributed by atoms with Gasteiger partial charge >= 0.3 is 5.69 Å². The van der Waals surface area contributed by atoms with Crippen LogP contribution in [0.5, 0.6) is 0 Å². The first-order chi connectivity index (χ1) is 16.3. The third-order valence-corrected chi connectivity index (χ3v) is 6.94. The Kier molecular flexibility index (Phi) is 5.72. The normalized spacial score (nSPS) is 14.6. The number of hydrogen-bond acceptors (Lipinski definition) is 6. The third-order valence-electron chi connectivity index (χ3n) is 6.05. The predicted molar refractivity (Wildman–Crippen MR) is 129 cm³/mol. The number of carbonyl (C=O) groups excluding carboxylic acids is 1. The maximum absolute atomic E-state index is 14.1.